The van der Waals surface area contributed by atoms with Crippen molar-refractivity contribution in [2.75, 3.05) is 30.4 Å². The molecule has 102 valence electrons. The molecule has 1 unspecified atom stereocenters. The molecule has 1 aromatic heterocycles. The average Bonchev–Trinajstić information content (AvgIpc) is 3.23. The lowest BCUT2D eigenvalue weighted by atomic mass is 10.2. The van der Waals surface area contributed by atoms with Crippen molar-refractivity contribution in [1.82, 2.24) is 15.3 Å². The fraction of sp³-hybridized carbons (Fsp3) is 0.583. The molecular weight excluding hydrogens is 246 g/mol. The summed E-state index contributed by atoms with van der Waals surface area (Å²) in [5.74, 6) is 0.592. The van der Waals surface area contributed by atoms with Crippen molar-refractivity contribution in [1.29, 1.82) is 0 Å². The molecule has 0 bridgehead atoms. The van der Waals surface area contributed by atoms with Crippen LogP contribution < -0.4 is 16.0 Å². The topological polar surface area (TPSA) is 93.4 Å². The fourth-order valence-corrected chi connectivity index (χ4v) is 2.17. The Bertz CT molecular complexity index is 477. The SMILES string of the molecule is Nc1cncnc1N1CCOCC1C(=O)NC1CC1. The van der Waals surface area contributed by atoms with Crippen molar-refractivity contribution < 1.29 is 9.53 Å². The van der Waals surface area contributed by atoms with Crippen molar-refractivity contribution in [3.63, 3.8) is 0 Å². The molecule has 1 aliphatic carbocycles. The predicted molar refractivity (Wildman–Crippen MR) is 69.6 cm³/mol. The van der Waals surface area contributed by atoms with Crippen LogP contribution in [0.15, 0.2) is 12.5 Å². The third kappa shape index (κ3) is 2.60. The lowest BCUT2D eigenvalue weighted by Gasteiger charge is -2.35. The summed E-state index contributed by atoms with van der Waals surface area (Å²) in [7, 11) is 0. The van der Waals surface area contributed by atoms with Gasteiger partial charge in [0.2, 0.25) is 5.91 Å². The molecule has 2 fully saturated rings. The van der Waals surface area contributed by atoms with Crippen molar-refractivity contribution >= 4 is 17.4 Å². The van der Waals surface area contributed by atoms with Gasteiger partial charge in [-0.25, -0.2) is 9.97 Å². The maximum Gasteiger partial charge on any atom is 0.245 e. The first kappa shape index (κ1) is 12.2. The minimum absolute atomic E-state index is 0.0137. The largest absolute Gasteiger partial charge is 0.394 e. The Hall–Kier alpha value is -1.89. The molecule has 1 atom stereocenters. The molecule has 1 aromatic rings. The van der Waals surface area contributed by atoms with Crippen LogP contribution in [0.4, 0.5) is 11.5 Å². The van der Waals surface area contributed by atoms with Gasteiger partial charge in [0.15, 0.2) is 5.82 Å². The van der Waals surface area contributed by atoms with E-state index in [0.717, 1.165) is 12.8 Å². The van der Waals surface area contributed by atoms with Crippen LogP contribution in [-0.2, 0) is 9.53 Å². The summed E-state index contributed by atoms with van der Waals surface area (Å²) in [4.78, 5) is 22.2. The highest BCUT2D eigenvalue weighted by molar-refractivity contribution is 5.86. The second kappa shape index (κ2) is 5.00. The van der Waals surface area contributed by atoms with Crippen LogP contribution in [0.3, 0.4) is 0 Å². The van der Waals surface area contributed by atoms with Gasteiger partial charge in [-0.2, -0.15) is 0 Å². The molecule has 3 N–H and O–H groups in total. The van der Waals surface area contributed by atoms with Crippen molar-refractivity contribution in [2.24, 2.45) is 0 Å². The van der Waals surface area contributed by atoms with Crippen LogP contribution in [0.2, 0.25) is 0 Å². The Morgan fingerprint density at radius 3 is 3.11 bits per heavy atom. The van der Waals surface area contributed by atoms with E-state index >= 15 is 0 Å². The quantitative estimate of drug-likeness (QED) is 0.766. The molecule has 7 heteroatoms. The molecule has 1 saturated carbocycles. The zero-order chi connectivity index (χ0) is 13.2. The first-order valence-electron chi connectivity index (χ1n) is 6.46. The summed E-state index contributed by atoms with van der Waals surface area (Å²) in [6.45, 7) is 1.53. The van der Waals surface area contributed by atoms with Crippen LogP contribution >= 0.6 is 0 Å². The zero-order valence-electron chi connectivity index (χ0n) is 10.6. The molecule has 19 heavy (non-hydrogen) atoms. The minimum Gasteiger partial charge on any atom is -0.394 e. The predicted octanol–water partition coefficient (Wildman–Crippen LogP) is -0.457. The van der Waals surface area contributed by atoms with E-state index in [1.54, 1.807) is 6.20 Å². The van der Waals surface area contributed by atoms with Crippen molar-refractivity contribution in [3.8, 4) is 0 Å². The highest BCUT2D eigenvalue weighted by atomic mass is 16.5. The Kier molecular flexibility index (Phi) is 3.20. The number of carbonyl (C=O) groups excluding carboxylic acids is 1. The van der Waals surface area contributed by atoms with Gasteiger partial charge < -0.3 is 20.7 Å². The maximum absolute atomic E-state index is 12.2. The fourth-order valence-electron chi connectivity index (χ4n) is 2.17. The lowest BCUT2D eigenvalue weighted by Crippen LogP contribution is -2.54. The average molecular weight is 263 g/mol. The number of nitrogens with zero attached hydrogens (tertiary/aromatic N) is 3. The first-order chi connectivity index (χ1) is 9.25. The van der Waals surface area contributed by atoms with E-state index in [1.807, 2.05) is 4.90 Å². The molecule has 1 aliphatic heterocycles. The van der Waals surface area contributed by atoms with E-state index in [-0.39, 0.29) is 11.9 Å². The van der Waals surface area contributed by atoms with E-state index in [4.69, 9.17) is 10.5 Å². The normalized spacial score (nSPS) is 23.2. The minimum atomic E-state index is -0.369. The molecule has 2 heterocycles. The van der Waals surface area contributed by atoms with Gasteiger partial charge in [-0.3, -0.25) is 4.79 Å². The molecule has 0 radical (unpaired) electrons. The third-order valence-electron chi connectivity index (χ3n) is 3.35. The molecule has 1 saturated heterocycles. The van der Waals surface area contributed by atoms with Gasteiger partial charge in [-0.1, -0.05) is 0 Å². The lowest BCUT2D eigenvalue weighted by molar-refractivity contribution is -0.124. The van der Waals surface area contributed by atoms with Gasteiger partial charge in [0, 0.05) is 12.6 Å². The highest BCUT2D eigenvalue weighted by Crippen LogP contribution is 2.24. The number of ether oxygens (including phenoxy) is 1. The summed E-state index contributed by atoms with van der Waals surface area (Å²) in [6, 6.07) is -0.0365. The number of nitrogen functional groups attached to an aromatic ring is 1. The summed E-state index contributed by atoms with van der Waals surface area (Å²) in [6.07, 6.45) is 5.12. The second-order valence-corrected chi connectivity index (χ2v) is 4.87. The smallest absolute Gasteiger partial charge is 0.245 e. The first-order valence-corrected chi connectivity index (χ1v) is 6.46. The monoisotopic (exact) mass is 263 g/mol. The molecule has 1 amide bonds. The Morgan fingerprint density at radius 2 is 2.37 bits per heavy atom. The van der Waals surface area contributed by atoms with E-state index in [0.29, 0.717) is 37.3 Å². The number of nitrogens with one attached hydrogen (secondary N) is 1. The number of nitrogens with two attached hydrogens (primary N) is 1. The van der Waals surface area contributed by atoms with Crippen molar-refractivity contribution in [3.05, 3.63) is 12.5 Å². The summed E-state index contributed by atoms with van der Waals surface area (Å²) >= 11 is 0. The van der Waals surface area contributed by atoms with Crippen LogP contribution in [0.1, 0.15) is 12.8 Å². The molecule has 0 aromatic carbocycles. The standard InChI is InChI=1S/C12H17N5O2/c13-9-5-14-7-15-11(9)17-3-4-19-6-10(17)12(18)16-8-1-2-8/h5,7-8,10H,1-4,6,13H2,(H,16,18). The summed E-state index contributed by atoms with van der Waals surface area (Å²) in [5, 5.41) is 3.00. The number of carbonyl (C=O) groups is 1. The molecule has 2 aliphatic rings. The third-order valence-corrected chi connectivity index (χ3v) is 3.35. The molecule has 0 spiro atoms. The van der Waals surface area contributed by atoms with Crippen molar-refractivity contribution in [2.45, 2.75) is 24.9 Å². The maximum atomic E-state index is 12.2. The van der Waals surface area contributed by atoms with Crippen LogP contribution in [0.25, 0.3) is 0 Å². The number of anilines is 2. The zero-order valence-corrected chi connectivity index (χ0v) is 10.6. The number of aromatic nitrogens is 2. The number of amides is 1. The number of hydrogen-bond donors (Lipinski definition) is 2. The number of hydrogen-bond acceptors (Lipinski definition) is 6. The second-order valence-electron chi connectivity index (χ2n) is 4.87. The molecular formula is C12H17N5O2. The van der Waals surface area contributed by atoms with Gasteiger partial charge in [-0.05, 0) is 12.8 Å². The highest BCUT2D eigenvalue weighted by Gasteiger charge is 2.34. The van der Waals surface area contributed by atoms with Crippen LogP contribution in [0.5, 0.6) is 0 Å². The van der Waals surface area contributed by atoms with Crippen LogP contribution in [-0.4, -0.2) is 47.7 Å². The molecule has 7 nitrogen and oxygen atoms in total. The summed E-state index contributed by atoms with van der Waals surface area (Å²) in [5.41, 5.74) is 6.37. The van der Waals surface area contributed by atoms with Gasteiger partial charge in [0.25, 0.3) is 0 Å². The van der Waals surface area contributed by atoms with Gasteiger partial charge in [0.05, 0.1) is 25.1 Å². The molecule has 3 rings (SSSR count). The number of morpholine rings is 1. The van der Waals surface area contributed by atoms with E-state index < -0.39 is 0 Å². The summed E-state index contributed by atoms with van der Waals surface area (Å²) < 4.78 is 5.41. The Balaban J connectivity index is 1.80. The number of rotatable bonds is 3. The van der Waals surface area contributed by atoms with E-state index in [2.05, 4.69) is 15.3 Å². The Labute approximate surface area is 111 Å². The van der Waals surface area contributed by atoms with Gasteiger partial charge in [-0.15, -0.1) is 0 Å². The van der Waals surface area contributed by atoms with Crippen LogP contribution in [0, 0.1) is 0 Å². The van der Waals surface area contributed by atoms with E-state index in [1.165, 1.54) is 6.33 Å². The van der Waals surface area contributed by atoms with Gasteiger partial charge in [0.1, 0.15) is 12.4 Å². The Morgan fingerprint density at radius 1 is 1.53 bits per heavy atom. The van der Waals surface area contributed by atoms with E-state index in [9.17, 15) is 4.79 Å². The van der Waals surface area contributed by atoms with Gasteiger partial charge >= 0.3 is 0 Å².